The first-order valence-electron chi connectivity index (χ1n) is 6.81. The van der Waals surface area contributed by atoms with Crippen LogP contribution in [0.2, 0.25) is 0 Å². The predicted octanol–water partition coefficient (Wildman–Crippen LogP) is 1.39. The van der Waals surface area contributed by atoms with E-state index in [1.165, 1.54) is 38.5 Å². The van der Waals surface area contributed by atoms with E-state index in [9.17, 15) is 4.79 Å². The normalized spacial score (nSPS) is 32.8. The van der Waals surface area contributed by atoms with Crippen LogP contribution in [0.15, 0.2) is 0 Å². The van der Waals surface area contributed by atoms with Gasteiger partial charge in [-0.15, -0.1) is 0 Å². The maximum absolute atomic E-state index is 12.3. The first-order chi connectivity index (χ1) is 7.82. The lowest BCUT2D eigenvalue weighted by atomic mass is 9.91. The number of hydrogen-bond acceptors (Lipinski definition) is 2. The molecule has 0 bridgehead atoms. The molecular formula is C13H22N2O. The van der Waals surface area contributed by atoms with Crippen molar-refractivity contribution < 1.29 is 4.79 Å². The van der Waals surface area contributed by atoms with Gasteiger partial charge < -0.3 is 10.2 Å². The Hall–Kier alpha value is -0.570. The molecule has 3 nitrogen and oxygen atoms in total. The van der Waals surface area contributed by atoms with Gasteiger partial charge >= 0.3 is 0 Å². The molecule has 3 heteroatoms. The highest BCUT2D eigenvalue weighted by Crippen LogP contribution is 2.59. The molecule has 90 valence electrons. The Morgan fingerprint density at radius 1 is 1.12 bits per heavy atom. The standard InChI is InChI=1S/C13H22N2O/c16-12(15-8-2-1-3-9-15)11-10-13(11)4-6-14-7-5-13/h11,14H,1-10H2. The Morgan fingerprint density at radius 3 is 2.50 bits per heavy atom. The summed E-state index contributed by atoms with van der Waals surface area (Å²) < 4.78 is 0. The van der Waals surface area contributed by atoms with Crippen molar-refractivity contribution >= 4 is 5.91 Å². The van der Waals surface area contributed by atoms with Crippen molar-refractivity contribution in [3.8, 4) is 0 Å². The van der Waals surface area contributed by atoms with Gasteiger partial charge in [0.25, 0.3) is 0 Å². The van der Waals surface area contributed by atoms with Crippen molar-refractivity contribution in [2.24, 2.45) is 11.3 Å². The lowest BCUT2D eigenvalue weighted by Gasteiger charge is -2.29. The molecule has 0 aromatic rings. The highest BCUT2D eigenvalue weighted by molar-refractivity contribution is 5.82. The van der Waals surface area contributed by atoms with E-state index in [0.717, 1.165) is 26.2 Å². The van der Waals surface area contributed by atoms with Crippen molar-refractivity contribution in [3.63, 3.8) is 0 Å². The molecule has 1 spiro atoms. The van der Waals surface area contributed by atoms with Crippen LogP contribution in [0.5, 0.6) is 0 Å². The number of piperidine rings is 2. The molecule has 1 atom stereocenters. The molecule has 2 saturated heterocycles. The second-order valence-electron chi connectivity index (χ2n) is 5.76. The van der Waals surface area contributed by atoms with Crippen LogP contribution in [0.25, 0.3) is 0 Å². The Labute approximate surface area is 97.6 Å². The maximum atomic E-state index is 12.3. The van der Waals surface area contributed by atoms with Crippen LogP contribution in [0.1, 0.15) is 38.5 Å². The number of likely N-dealkylation sites (tertiary alicyclic amines) is 1. The van der Waals surface area contributed by atoms with E-state index in [0.29, 0.717) is 17.2 Å². The van der Waals surface area contributed by atoms with Gasteiger partial charge in [-0.05, 0) is 57.0 Å². The van der Waals surface area contributed by atoms with Gasteiger partial charge in [0.2, 0.25) is 5.91 Å². The fraction of sp³-hybridized carbons (Fsp3) is 0.923. The van der Waals surface area contributed by atoms with Gasteiger partial charge in [0.15, 0.2) is 0 Å². The number of hydrogen-bond donors (Lipinski definition) is 1. The molecule has 1 aliphatic carbocycles. The Bertz CT molecular complexity index is 278. The van der Waals surface area contributed by atoms with Gasteiger partial charge in [-0.25, -0.2) is 0 Å². The number of carbonyl (C=O) groups excluding carboxylic acids is 1. The molecule has 2 aliphatic heterocycles. The van der Waals surface area contributed by atoms with Gasteiger partial charge in [-0.3, -0.25) is 4.79 Å². The van der Waals surface area contributed by atoms with E-state index in [2.05, 4.69) is 10.2 Å². The smallest absolute Gasteiger partial charge is 0.226 e. The fourth-order valence-electron chi connectivity index (χ4n) is 3.51. The van der Waals surface area contributed by atoms with Gasteiger partial charge in [0.1, 0.15) is 0 Å². The van der Waals surface area contributed by atoms with Crippen molar-refractivity contribution in [2.45, 2.75) is 38.5 Å². The SMILES string of the molecule is O=C(C1CC12CCNCC2)N1CCCCC1. The van der Waals surface area contributed by atoms with Crippen LogP contribution >= 0.6 is 0 Å². The highest BCUT2D eigenvalue weighted by atomic mass is 16.2. The maximum Gasteiger partial charge on any atom is 0.226 e. The molecule has 3 fully saturated rings. The third-order valence-corrected chi connectivity index (χ3v) is 4.75. The molecule has 1 amide bonds. The summed E-state index contributed by atoms with van der Waals surface area (Å²) in [4.78, 5) is 14.5. The summed E-state index contributed by atoms with van der Waals surface area (Å²) in [6.45, 7) is 4.26. The molecule has 1 N–H and O–H groups in total. The minimum Gasteiger partial charge on any atom is -0.342 e. The average molecular weight is 222 g/mol. The number of nitrogens with one attached hydrogen (secondary N) is 1. The summed E-state index contributed by atoms with van der Waals surface area (Å²) in [5, 5.41) is 3.39. The Morgan fingerprint density at radius 2 is 1.81 bits per heavy atom. The predicted molar refractivity (Wildman–Crippen MR) is 63.1 cm³/mol. The van der Waals surface area contributed by atoms with E-state index < -0.39 is 0 Å². The van der Waals surface area contributed by atoms with Crippen LogP contribution in [-0.2, 0) is 4.79 Å². The minimum atomic E-state index is 0.382. The van der Waals surface area contributed by atoms with Gasteiger partial charge in [0, 0.05) is 19.0 Å². The molecule has 3 rings (SSSR count). The van der Waals surface area contributed by atoms with Crippen molar-refractivity contribution in [3.05, 3.63) is 0 Å². The van der Waals surface area contributed by atoms with E-state index in [1.54, 1.807) is 0 Å². The second-order valence-corrected chi connectivity index (χ2v) is 5.76. The first kappa shape index (κ1) is 10.6. The summed E-state index contributed by atoms with van der Waals surface area (Å²) >= 11 is 0. The average Bonchev–Trinajstić information content (AvgIpc) is 3.04. The van der Waals surface area contributed by atoms with Crippen molar-refractivity contribution in [1.82, 2.24) is 10.2 Å². The fourth-order valence-corrected chi connectivity index (χ4v) is 3.51. The molecule has 16 heavy (non-hydrogen) atoms. The van der Waals surface area contributed by atoms with Gasteiger partial charge in [0.05, 0.1) is 0 Å². The lowest BCUT2D eigenvalue weighted by molar-refractivity contribution is -0.134. The zero-order valence-electron chi connectivity index (χ0n) is 10.0. The van der Waals surface area contributed by atoms with E-state index in [4.69, 9.17) is 0 Å². The van der Waals surface area contributed by atoms with Gasteiger partial charge in [-0.1, -0.05) is 0 Å². The van der Waals surface area contributed by atoms with Crippen molar-refractivity contribution in [2.75, 3.05) is 26.2 Å². The topological polar surface area (TPSA) is 32.3 Å². The summed E-state index contributed by atoms with van der Waals surface area (Å²) in [6.07, 6.45) is 7.35. The number of carbonyl (C=O) groups is 1. The molecule has 1 saturated carbocycles. The number of nitrogens with zero attached hydrogens (tertiary/aromatic N) is 1. The number of rotatable bonds is 1. The second kappa shape index (κ2) is 4.02. The molecule has 0 radical (unpaired) electrons. The van der Waals surface area contributed by atoms with Crippen LogP contribution < -0.4 is 5.32 Å². The van der Waals surface area contributed by atoms with E-state index >= 15 is 0 Å². The highest BCUT2D eigenvalue weighted by Gasteiger charge is 2.58. The van der Waals surface area contributed by atoms with E-state index in [-0.39, 0.29) is 0 Å². The third kappa shape index (κ3) is 1.75. The summed E-state index contributed by atoms with van der Waals surface area (Å²) in [5.74, 6) is 0.856. The molecular weight excluding hydrogens is 200 g/mol. The lowest BCUT2D eigenvalue weighted by Crippen LogP contribution is -2.39. The molecule has 0 aromatic heterocycles. The number of amides is 1. The zero-order valence-corrected chi connectivity index (χ0v) is 10.0. The minimum absolute atomic E-state index is 0.382. The summed E-state index contributed by atoms with van der Waals surface area (Å²) in [6, 6.07) is 0. The monoisotopic (exact) mass is 222 g/mol. The van der Waals surface area contributed by atoms with Crippen LogP contribution in [0.4, 0.5) is 0 Å². The molecule has 3 aliphatic rings. The van der Waals surface area contributed by atoms with Crippen LogP contribution in [0, 0.1) is 11.3 Å². The third-order valence-electron chi connectivity index (χ3n) is 4.75. The van der Waals surface area contributed by atoms with Crippen molar-refractivity contribution in [1.29, 1.82) is 0 Å². The van der Waals surface area contributed by atoms with Gasteiger partial charge in [-0.2, -0.15) is 0 Å². The Balaban J connectivity index is 1.60. The van der Waals surface area contributed by atoms with Crippen LogP contribution in [0.3, 0.4) is 0 Å². The zero-order chi connectivity index (χ0) is 11.0. The largest absolute Gasteiger partial charge is 0.342 e. The first-order valence-corrected chi connectivity index (χ1v) is 6.81. The summed E-state index contributed by atoms with van der Waals surface area (Å²) in [7, 11) is 0. The quantitative estimate of drug-likeness (QED) is 0.727. The molecule has 2 heterocycles. The molecule has 1 unspecified atom stereocenters. The van der Waals surface area contributed by atoms with E-state index in [1.807, 2.05) is 0 Å². The molecule has 0 aromatic carbocycles. The Kier molecular flexibility index (Phi) is 2.66. The summed E-state index contributed by atoms with van der Waals surface area (Å²) in [5.41, 5.74) is 0.416. The van der Waals surface area contributed by atoms with Crippen LogP contribution in [-0.4, -0.2) is 37.0 Å².